The highest BCUT2D eigenvalue weighted by Gasteiger charge is 2.28. The summed E-state index contributed by atoms with van der Waals surface area (Å²) in [4.78, 5) is 26.1. The summed E-state index contributed by atoms with van der Waals surface area (Å²) < 4.78 is 1.09. The minimum atomic E-state index is -0.0372. The van der Waals surface area contributed by atoms with Crippen LogP contribution >= 0.6 is 15.9 Å². The molecule has 1 aromatic carbocycles. The summed E-state index contributed by atoms with van der Waals surface area (Å²) in [6.07, 6.45) is 6.92. The molecule has 4 nitrogen and oxygen atoms in total. The predicted octanol–water partition coefficient (Wildman–Crippen LogP) is 3.24. The number of nitrogens with zero attached hydrogens (tertiary/aromatic N) is 1. The van der Waals surface area contributed by atoms with Crippen LogP contribution in [0.2, 0.25) is 0 Å². The quantitative estimate of drug-likeness (QED) is 0.620. The van der Waals surface area contributed by atoms with E-state index in [0.29, 0.717) is 13.1 Å². The summed E-state index contributed by atoms with van der Waals surface area (Å²) in [7, 11) is 0. The lowest BCUT2D eigenvalue weighted by Crippen LogP contribution is -2.45. The molecule has 1 aliphatic heterocycles. The molecule has 1 fully saturated rings. The molecule has 1 unspecified atom stereocenters. The van der Waals surface area contributed by atoms with Crippen LogP contribution in [0.15, 0.2) is 35.3 Å². The van der Waals surface area contributed by atoms with Gasteiger partial charge in [-0.2, -0.15) is 0 Å². The van der Waals surface area contributed by atoms with Gasteiger partial charge in [0, 0.05) is 29.5 Å². The van der Waals surface area contributed by atoms with E-state index >= 15 is 0 Å². The van der Waals surface area contributed by atoms with Crippen LogP contribution in [0.5, 0.6) is 0 Å². The Hall–Kier alpha value is -1.62. The molecule has 3 rings (SSSR count). The van der Waals surface area contributed by atoms with Crippen LogP contribution in [0.3, 0.4) is 0 Å². The molecule has 1 aliphatic carbocycles. The van der Waals surface area contributed by atoms with Gasteiger partial charge in [0.05, 0.1) is 0 Å². The first-order chi connectivity index (χ1) is 12.1. The van der Waals surface area contributed by atoms with Crippen molar-refractivity contribution in [3.8, 4) is 0 Å². The van der Waals surface area contributed by atoms with E-state index in [1.165, 1.54) is 17.2 Å². The number of amides is 2. The fraction of sp³-hybridized carbons (Fsp3) is 0.500. The van der Waals surface area contributed by atoms with Gasteiger partial charge in [0.1, 0.15) is 0 Å². The predicted molar refractivity (Wildman–Crippen MR) is 102 cm³/mol. The fourth-order valence-electron chi connectivity index (χ4n) is 3.87. The minimum Gasteiger partial charge on any atom is -0.353 e. The minimum absolute atomic E-state index is 0.0131. The number of piperidine rings is 1. The highest BCUT2D eigenvalue weighted by atomic mass is 79.9. The molecule has 0 aromatic heterocycles. The second-order valence-corrected chi connectivity index (χ2v) is 7.93. The number of hydrogen-bond donors (Lipinski definition) is 1. The van der Waals surface area contributed by atoms with Crippen molar-refractivity contribution in [1.29, 1.82) is 0 Å². The first-order valence-electron chi connectivity index (χ1n) is 9.06. The number of fused-ring (bicyclic) bond motifs is 1. The lowest BCUT2D eigenvalue weighted by atomic mass is 9.94. The first kappa shape index (κ1) is 18.2. The zero-order chi connectivity index (χ0) is 17.8. The van der Waals surface area contributed by atoms with E-state index in [1.54, 1.807) is 4.90 Å². The molecule has 5 heteroatoms. The van der Waals surface area contributed by atoms with Crippen molar-refractivity contribution in [2.75, 3.05) is 13.1 Å². The van der Waals surface area contributed by atoms with Crippen LogP contribution in [0.25, 0.3) is 0 Å². The molecule has 0 radical (unpaired) electrons. The van der Waals surface area contributed by atoms with Gasteiger partial charge >= 0.3 is 0 Å². The van der Waals surface area contributed by atoms with E-state index in [9.17, 15) is 9.59 Å². The van der Waals surface area contributed by atoms with E-state index in [2.05, 4.69) is 46.0 Å². The lowest BCUT2D eigenvalue weighted by molar-refractivity contribution is -0.132. The molecule has 0 spiro atoms. The van der Waals surface area contributed by atoms with Gasteiger partial charge in [-0.1, -0.05) is 28.6 Å². The summed E-state index contributed by atoms with van der Waals surface area (Å²) >= 11 is 3.55. The Labute approximate surface area is 157 Å². The zero-order valence-corrected chi connectivity index (χ0v) is 16.1. The summed E-state index contributed by atoms with van der Waals surface area (Å²) in [6, 6.07) is 6.67. The van der Waals surface area contributed by atoms with Crippen LogP contribution in [0, 0.1) is 5.92 Å². The number of likely N-dealkylation sites (tertiary alicyclic amines) is 1. The van der Waals surface area contributed by atoms with Crippen molar-refractivity contribution < 1.29 is 9.59 Å². The SMILES string of the molecule is C=CC(=O)N1CCC(C(=O)NC2CCCc3ccc(Br)cc3C2)CC1. The molecule has 0 bridgehead atoms. The number of nitrogens with one attached hydrogen (secondary N) is 1. The van der Waals surface area contributed by atoms with E-state index < -0.39 is 0 Å². The third-order valence-corrected chi connectivity index (χ3v) is 5.83. The lowest BCUT2D eigenvalue weighted by Gasteiger charge is -2.31. The maximum atomic E-state index is 12.7. The van der Waals surface area contributed by atoms with Gasteiger partial charge in [0.15, 0.2) is 0 Å². The summed E-state index contributed by atoms with van der Waals surface area (Å²) in [5, 5.41) is 3.27. The number of rotatable bonds is 3. The Morgan fingerprint density at radius 3 is 2.68 bits per heavy atom. The Bertz CT molecular complexity index is 666. The van der Waals surface area contributed by atoms with Crippen LogP contribution in [0.4, 0.5) is 0 Å². The van der Waals surface area contributed by atoms with Crippen molar-refractivity contribution in [2.24, 2.45) is 5.92 Å². The molecule has 0 saturated carbocycles. The molecule has 1 aromatic rings. The molecule has 2 amide bonds. The van der Waals surface area contributed by atoms with Gasteiger partial charge in [0.2, 0.25) is 11.8 Å². The second kappa shape index (κ2) is 8.17. The Kier molecular flexibility index (Phi) is 5.94. The fourth-order valence-corrected chi connectivity index (χ4v) is 4.28. The standard InChI is InChI=1S/C20H25BrN2O2/c1-2-19(24)23-10-8-15(9-11-23)20(25)22-18-5-3-4-14-6-7-17(21)12-16(14)13-18/h2,6-7,12,15,18H,1,3-5,8-11,13H2,(H,22,25). The number of aryl methyl sites for hydroxylation is 1. The molecule has 25 heavy (non-hydrogen) atoms. The van der Waals surface area contributed by atoms with Crippen LogP contribution in [-0.2, 0) is 22.4 Å². The van der Waals surface area contributed by atoms with E-state index in [4.69, 9.17) is 0 Å². The van der Waals surface area contributed by atoms with E-state index in [1.807, 2.05) is 0 Å². The van der Waals surface area contributed by atoms with Gasteiger partial charge in [-0.05, 0) is 67.9 Å². The number of carbonyl (C=O) groups is 2. The maximum Gasteiger partial charge on any atom is 0.245 e. The van der Waals surface area contributed by atoms with E-state index in [0.717, 1.165) is 43.0 Å². The molecule has 1 saturated heterocycles. The van der Waals surface area contributed by atoms with Crippen LogP contribution < -0.4 is 5.32 Å². The smallest absolute Gasteiger partial charge is 0.245 e. The zero-order valence-electron chi connectivity index (χ0n) is 14.5. The number of hydrogen-bond acceptors (Lipinski definition) is 2. The van der Waals surface area contributed by atoms with Crippen molar-refractivity contribution in [2.45, 2.75) is 44.6 Å². The second-order valence-electron chi connectivity index (χ2n) is 7.02. The number of halogens is 1. The van der Waals surface area contributed by atoms with Crippen molar-refractivity contribution >= 4 is 27.7 Å². The Morgan fingerprint density at radius 2 is 1.96 bits per heavy atom. The molecule has 1 atom stereocenters. The van der Waals surface area contributed by atoms with E-state index in [-0.39, 0.29) is 23.8 Å². The Balaban J connectivity index is 1.56. The highest BCUT2D eigenvalue weighted by Crippen LogP contribution is 2.25. The molecule has 1 heterocycles. The monoisotopic (exact) mass is 404 g/mol. The highest BCUT2D eigenvalue weighted by molar-refractivity contribution is 9.10. The average molecular weight is 405 g/mol. The largest absolute Gasteiger partial charge is 0.353 e. The number of carbonyl (C=O) groups excluding carboxylic acids is 2. The first-order valence-corrected chi connectivity index (χ1v) is 9.85. The summed E-state index contributed by atoms with van der Waals surface area (Å²) in [5.74, 6) is 0.123. The average Bonchev–Trinajstić information content (AvgIpc) is 2.82. The van der Waals surface area contributed by atoms with Crippen molar-refractivity contribution in [1.82, 2.24) is 10.2 Å². The van der Waals surface area contributed by atoms with Crippen LogP contribution in [0.1, 0.15) is 36.8 Å². The third kappa shape index (κ3) is 4.51. The topological polar surface area (TPSA) is 49.4 Å². The molecular formula is C20H25BrN2O2. The van der Waals surface area contributed by atoms with Gasteiger partial charge in [-0.3, -0.25) is 9.59 Å². The summed E-state index contributed by atoms with van der Waals surface area (Å²) in [6.45, 7) is 4.81. The third-order valence-electron chi connectivity index (χ3n) is 5.33. The van der Waals surface area contributed by atoms with Crippen LogP contribution in [-0.4, -0.2) is 35.8 Å². The van der Waals surface area contributed by atoms with Gasteiger partial charge in [0.25, 0.3) is 0 Å². The van der Waals surface area contributed by atoms with Crippen molar-refractivity contribution in [3.05, 3.63) is 46.5 Å². The molecule has 1 N–H and O–H groups in total. The van der Waals surface area contributed by atoms with Crippen molar-refractivity contribution in [3.63, 3.8) is 0 Å². The maximum absolute atomic E-state index is 12.7. The Morgan fingerprint density at radius 1 is 1.20 bits per heavy atom. The van der Waals surface area contributed by atoms with Gasteiger partial charge in [-0.25, -0.2) is 0 Å². The molecular weight excluding hydrogens is 380 g/mol. The van der Waals surface area contributed by atoms with Gasteiger partial charge in [-0.15, -0.1) is 0 Å². The molecule has 2 aliphatic rings. The number of benzene rings is 1. The molecule has 134 valence electrons. The van der Waals surface area contributed by atoms with Gasteiger partial charge < -0.3 is 10.2 Å². The summed E-state index contributed by atoms with van der Waals surface area (Å²) in [5.41, 5.74) is 2.74. The normalized spacial score (nSPS) is 21.2.